The standard InChI is InChI=1S/C15H19BrClNO/c1-11-13(7-3-8-14(11)16)15(19)18(10-4-9-17)12-5-2-6-12/h3,7-8,12H,2,4-6,9-10H2,1H3. The van der Waals surface area contributed by atoms with Crippen LogP contribution in [-0.4, -0.2) is 29.3 Å². The Morgan fingerprint density at radius 3 is 2.79 bits per heavy atom. The number of halogens is 2. The Morgan fingerprint density at radius 1 is 1.47 bits per heavy atom. The highest BCUT2D eigenvalue weighted by molar-refractivity contribution is 9.10. The van der Waals surface area contributed by atoms with E-state index in [1.807, 2.05) is 30.0 Å². The Balaban J connectivity index is 2.20. The van der Waals surface area contributed by atoms with Crippen molar-refractivity contribution in [2.45, 2.75) is 38.6 Å². The molecule has 0 atom stereocenters. The molecule has 0 aromatic heterocycles. The summed E-state index contributed by atoms with van der Waals surface area (Å²) in [7, 11) is 0. The van der Waals surface area contributed by atoms with E-state index in [1.54, 1.807) is 0 Å². The maximum atomic E-state index is 12.7. The summed E-state index contributed by atoms with van der Waals surface area (Å²) in [4.78, 5) is 14.7. The summed E-state index contributed by atoms with van der Waals surface area (Å²) in [5.74, 6) is 0.752. The summed E-state index contributed by atoms with van der Waals surface area (Å²) >= 11 is 9.27. The van der Waals surface area contributed by atoms with Gasteiger partial charge in [0.05, 0.1) is 0 Å². The zero-order valence-corrected chi connectivity index (χ0v) is 13.5. The van der Waals surface area contributed by atoms with E-state index in [1.165, 1.54) is 6.42 Å². The van der Waals surface area contributed by atoms with Crippen molar-refractivity contribution in [1.82, 2.24) is 4.90 Å². The van der Waals surface area contributed by atoms with Crippen LogP contribution in [0.2, 0.25) is 0 Å². The Bertz CT molecular complexity index is 459. The Labute approximate surface area is 128 Å². The molecule has 0 N–H and O–H groups in total. The first kappa shape index (κ1) is 14.9. The third kappa shape index (κ3) is 3.32. The quantitative estimate of drug-likeness (QED) is 0.726. The maximum Gasteiger partial charge on any atom is 0.254 e. The predicted molar refractivity (Wildman–Crippen MR) is 82.9 cm³/mol. The van der Waals surface area contributed by atoms with Gasteiger partial charge in [-0.15, -0.1) is 11.6 Å². The lowest BCUT2D eigenvalue weighted by molar-refractivity contribution is 0.0580. The smallest absolute Gasteiger partial charge is 0.254 e. The van der Waals surface area contributed by atoms with Gasteiger partial charge in [0, 0.05) is 28.5 Å². The number of alkyl halides is 1. The minimum atomic E-state index is 0.147. The maximum absolute atomic E-state index is 12.7. The van der Waals surface area contributed by atoms with Crippen LogP contribution < -0.4 is 0 Å². The van der Waals surface area contributed by atoms with Crippen molar-refractivity contribution < 1.29 is 4.79 Å². The van der Waals surface area contributed by atoms with E-state index >= 15 is 0 Å². The number of rotatable bonds is 5. The van der Waals surface area contributed by atoms with Gasteiger partial charge in [-0.05, 0) is 50.3 Å². The lowest BCUT2D eigenvalue weighted by atomic mass is 9.90. The first-order valence-corrected chi connectivity index (χ1v) is 8.10. The summed E-state index contributed by atoms with van der Waals surface area (Å²) in [5.41, 5.74) is 1.82. The fourth-order valence-corrected chi connectivity index (χ4v) is 2.86. The average molecular weight is 345 g/mol. The number of amides is 1. The van der Waals surface area contributed by atoms with E-state index in [0.29, 0.717) is 11.9 Å². The van der Waals surface area contributed by atoms with Crippen LogP contribution in [0.15, 0.2) is 22.7 Å². The number of hydrogen-bond donors (Lipinski definition) is 0. The van der Waals surface area contributed by atoms with E-state index < -0.39 is 0 Å². The molecule has 0 spiro atoms. The molecule has 19 heavy (non-hydrogen) atoms. The molecule has 0 heterocycles. The number of hydrogen-bond acceptors (Lipinski definition) is 1. The van der Waals surface area contributed by atoms with Crippen LogP contribution in [0, 0.1) is 6.92 Å². The van der Waals surface area contributed by atoms with E-state index in [9.17, 15) is 4.79 Å². The molecule has 0 radical (unpaired) electrons. The molecule has 1 fully saturated rings. The highest BCUT2D eigenvalue weighted by Crippen LogP contribution is 2.28. The van der Waals surface area contributed by atoms with Crippen LogP contribution in [-0.2, 0) is 0 Å². The molecule has 104 valence electrons. The molecule has 0 unspecified atom stereocenters. The largest absolute Gasteiger partial charge is 0.336 e. The van der Waals surface area contributed by atoms with Crippen molar-refractivity contribution in [3.05, 3.63) is 33.8 Å². The second-order valence-electron chi connectivity index (χ2n) is 5.04. The molecule has 4 heteroatoms. The van der Waals surface area contributed by atoms with Gasteiger partial charge >= 0.3 is 0 Å². The van der Waals surface area contributed by atoms with Crippen LogP contribution in [0.5, 0.6) is 0 Å². The van der Waals surface area contributed by atoms with Crippen molar-refractivity contribution in [2.24, 2.45) is 0 Å². The molecule has 1 aromatic carbocycles. The summed E-state index contributed by atoms with van der Waals surface area (Å²) < 4.78 is 0.990. The zero-order chi connectivity index (χ0) is 13.8. The average Bonchev–Trinajstić information content (AvgIpc) is 2.34. The van der Waals surface area contributed by atoms with Gasteiger partial charge < -0.3 is 4.90 Å². The van der Waals surface area contributed by atoms with Crippen LogP contribution in [0.4, 0.5) is 0 Å². The lowest BCUT2D eigenvalue weighted by Gasteiger charge is -2.38. The molecule has 0 aliphatic heterocycles. The topological polar surface area (TPSA) is 20.3 Å². The van der Waals surface area contributed by atoms with Crippen molar-refractivity contribution >= 4 is 33.4 Å². The molecule has 1 aromatic rings. The van der Waals surface area contributed by atoms with E-state index in [-0.39, 0.29) is 5.91 Å². The Hall–Kier alpha value is -0.540. The third-order valence-corrected chi connectivity index (χ3v) is 4.93. The molecule has 1 aliphatic carbocycles. The fraction of sp³-hybridized carbons (Fsp3) is 0.533. The van der Waals surface area contributed by atoms with Gasteiger partial charge in [0.1, 0.15) is 0 Å². The predicted octanol–water partition coefficient (Wildman–Crippen LogP) is 4.38. The molecule has 1 saturated carbocycles. The number of nitrogens with zero attached hydrogens (tertiary/aromatic N) is 1. The van der Waals surface area contributed by atoms with Crippen molar-refractivity contribution in [3.63, 3.8) is 0 Å². The first-order valence-electron chi connectivity index (χ1n) is 6.77. The lowest BCUT2D eigenvalue weighted by Crippen LogP contribution is -2.45. The summed E-state index contributed by atoms with van der Waals surface area (Å²) in [5, 5.41) is 0. The Kier molecular flexibility index (Phi) is 5.28. The molecule has 2 rings (SSSR count). The second-order valence-corrected chi connectivity index (χ2v) is 6.27. The number of carbonyl (C=O) groups excluding carboxylic acids is 1. The molecular weight excluding hydrogens is 326 g/mol. The molecule has 0 bridgehead atoms. The van der Waals surface area contributed by atoms with Crippen molar-refractivity contribution in [3.8, 4) is 0 Å². The molecule has 0 saturated heterocycles. The van der Waals surface area contributed by atoms with Gasteiger partial charge in [0.2, 0.25) is 0 Å². The fourth-order valence-electron chi connectivity index (χ4n) is 2.37. The molecular formula is C15H19BrClNO. The van der Waals surface area contributed by atoms with E-state index in [4.69, 9.17) is 11.6 Å². The zero-order valence-electron chi connectivity index (χ0n) is 11.2. The molecule has 1 aliphatic rings. The number of carbonyl (C=O) groups is 1. The van der Waals surface area contributed by atoms with E-state index in [2.05, 4.69) is 15.9 Å². The van der Waals surface area contributed by atoms with Crippen LogP contribution in [0.1, 0.15) is 41.6 Å². The Morgan fingerprint density at radius 2 is 2.21 bits per heavy atom. The van der Waals surface area contributed by atoms with Gasteiger partial charge in [-0.2, -0.15) is 0 Å². The minimum Gasteiger partial charge on any atom is -0.336 e. The van der Waals surface area contributed by atoms with Gasteiger partial charge in [-0.25, -0.2) is 0 Å². The minimum absolute atomic E-state index is 0.147. The van der Waals surface area contributed by atoms with Crippen LogP contribution >= 0.6 is 27.5 Å². The monoisotopic (exact) mass is 343 g/mol. The molecule has 1 amide bonds. The van der Waals surface area contributed by atoms with Gasteiger partial charge in [0.25, 0.3) is 5.91 Å². The molecule has 2 nitrogen and oxygen atoms in total. The van der Waals surface area contributed by atoms with Crippen LogP contribution in [0.25, 0.3) is 0 Å². The second kappa shape index (κ2) is 6.76. The van der Waals surface area contributed by atoms with Crippen molar-refractivity contribution in [2.75, 3.05) is 12.4 Å². The van der Waals surface area contributed by atoms with Gasteiger partial charge in [-0.1, -0.05) is 22.0 Å². The highest BCUT2D eigenvalue weighted by atomic mass is 79.9. The van der Waals surface area contributed by atoms with Crippen LogP contribution in [0.3, 0.4) is 0 Å². The normalized spacial score (nSPS) is 15.1. The summed E-state index contributed by atoms with van der Waals surface area (Å²) in [6.45, 7) is 2.75. The highest BCUT2D eigenvalue weighted by Gasteiger charge is 2.29. The SMILES string of the molecule is Cc1c(Br)cccc1C(=O)N(CCCCl)C1CCC1. The first-order chi connectivity index (χ1) is 9.15. The number of benzene rings is 1. The van der Waals surface area contributed by atoms with Gasteiger partial charge in [0.15, 0.2) is 0 Å². The van der Waals surface area contributed by atoms with E-state index in [0.717, 1.165) is 41.4 Å². The van der Waals surface area contributed by atoms with Gasteiger partial charge in [-0.3, -0.25) is 4.79 Å². The summed E-state index contributed by atoms with van der Waals surface area (Å²) in [6.07, 6.45) is 4.34. The summed E-state index contributed by atoms with van der Waals surface area (Å²) in [6, 6.07) is 6.21. The third-order valence-electron chi connectivity index (χ3n) is 3.81. The van der Waals surface area contributed by atoms with Crippen molar-refractivity contribution in [1.29, 1.82) is 0 Å².